The van der Waals surface area contributed by atoms with Gasteiger partial charge in [-0.1, -0.05) is 6.07 Å². The van der Waals surface area contributed by atoms with Crippen LogP contribution in [0.15, 0.2) is 18.2 Å². The van der Waals surface area contributed by atoms with Gasteiger partial charge in [-0.25, -0.2) is 0 Å². The molecule has 6 nitrogen and oxygen atoms in total. The molecule has 0 radical (unpaired) electrons. The third-order valence-electron chi connectivity index (χ3n) is 3.18. The Kier molecular flexibility index (Phi) is 3.94. The van der Waals surface area contributed by atoms with Crippen molar-refractivity contribution >= 4 is 17.5 Å². The Balaban J connectivity index is 2.18. The first kappa shape index (κ1) is 14.3. The van der Waals surface area contributed by atoms with Gasteiger partial charge in [-0.05, 0) is 38.0 Å². The van der Waals surface area contributed by atoms with Crippen LogP contribution in [-0.2, 0) is 9.59 Å². The number of carbonyl (C=O) groups is 2. The van der Waals surface area contributed by atoms with Crippen molar-refractivity contribution in [2.24, 2.45) is 0 Å². The number of nitrogens with one attached hydrogen (secondary N) is 2. The fourth-order valence-electron chi connectivity index (χ4n) is 1.94. The number of rotatable bonds is 4. The van der Waals surface area contributed by atoms with Crippen LogP contribution in [0.5, 0.6) is 5.75 Å². The number of aryl methyl sites for hydroxylation is 1. The zero-order valence-corrected chi connectivity index (χ0v) is 11.5. The van der Waals surface area contributed by atoms with E-state index in [2.05, 4.69) is 10.6 Å². The molecule has 0 aromatic heterocycles. The van der Waals surface area contributed by atoms with Crippen LogP contribution >= 0.6 is 0 Å². The van der Waals surface area contributed by atoms with Crippen LogP contribution in [-0.4, -0.2) is 35.7 Å². The van der Waals surface area contributed by atoms with E-state index >= 15 is 0 Å². The van der Waals surface area contributed by atoms with Gasteiger partial charge in [0.1, 0.15) is 5.75 Å². The van der Waals surface area contributed by atoms with Gasteiger partial charge >= 0.3 is 0 Å². The van der Waals surface area contributed by atoms with Crippen LogP contribution in [0.2, 0.25) is 0 Å². The Morgan fingerprint density at radius 3 is 2.95 bits per heavy atom. The van der Waals surface area contributed by atoms with Crippen molar-refractivity contribution in [1.29, 1.82) is 0 Å². The van der Waals surface area contributed by atoms with Crippen LogP contribution in [0.3, 0.4) is 0 Å². The summed E-state index contributed by atoms with van der Waals surface area (Å²) in [5.74, 6) is -0.554. The second-order valence-corrected chi connectivity index (χ2v) is 4.92. The monoisotopic (exact) mass is 278 g/mol. The first-order valence-electron chi connectivity index (χ1n) is 6.47. The first-order valence-corrected chi connectivity index (χ1v) is 6.47. The number of benzene rings is 1. The molecule has 1 aromatic carbocycles. The molecule has 0 aliphatic carbocycles. The van der Waals surface area contributed by atoms with E-state index in [4.69, 9.17) is 9.84 Å². The van der Waals surface area contributed by atoms with E-state index in [1.54, 1.807) is 12.1 Å². The van der Waals surface area contributed by atoms with Gasteiger partial charge in [-0.3, -0.25) is 9.59 Å². The highest BCUT2D eigenvalue weighted by atomic mass is 16.5. The van der Waals surface area contributed by atoms with Crippen molar-refractivity contribution in [3.63, 3.8) is 0 Å². The van der Waals surface area contributed by atoms with Gasteiger partial charge in [0.2, 0.25) is 0 Å². The summed E-state index contributed by atoms with van der Waals surface area (Å²) in [6.07, 6.45) is 0.430. The maximum Gasteiger partial charge on any atom is 0.278 e. The molecule has 0 bridgehead atoms. The summed E-state index contributed by atoms with van der Waals surface area (Å²) in [4.78, 5) is 24.2. The second-order valence-electron chi connectivity index (χ2n) is 4.92. The molecule has 0 saturated heterocycles. The fourth-order valence-corrected chi connectivity index (χ4v) is 1.94. The molecule has 0 spiro atoms. The van der Waals surface area contributed by atoms with E-state index in [-0.39, 0.29) is 6.61 Å². The smallest absolute Gasteiger partial charge is 0.278 e. The Morgan fingerprint density at radius 1 is 1.50 bits per heavy atom. The summed E-state index contributed by atoms with van der Waals surface area (Å²) in [5.41, 5.74) is -0.0446. The Morgan fingerprint density at radius 2 is 2.25 bits per heavy atom. The van der Waals surface area contributed by atoms with E-state index in [0.717, 1.165) is 5.56 Å². The molecule has 3 N–H and O–H groups in total. The fraction of sp³-hybridized carbons (Fsp3) is 0.429. The van der Waals surface area contributed by atoms with Crippen molar-refractivity contribution in [3.8, 4) is 5.75 Å². The first-order chi connectivity index (χ1) is 9.47. The average molecular weight is 278 g/mol. The topological polar surface area (TPSA) is 87.7 Å². The number of ether oxygens (including phenoxy) is 1. The van der Waals surface area contributed by atoms with Crippen molar-refractivity contribution in [2.75, 3.05) is 18.5 Å². The van der Waals surface area contributed by atoms with E-state index in [9.17, 15) is 9.59 Å². The van der Waals surface area contributed by atoms with Crippen LogP contribution in [0.1, 0.15) is 18.9 Å². The molecule has 108 valence electrons. The Hall–Kier alpha value is -2.08. The Labute approximate surface area is 117 Å². The molecule has 20 heavy (non-hydrogen) atoms. The lowest BCUT2D eigenvalue weighted by Gasteiger charge is -2.33. The minimum atomic E-state index is -1.60. The summed E-state index contributed by atoms with van der Waals surface area (Å²) >= 11 is 0. The predicted octanol–water partition coefficient (Wildman–Crippen LogP) is 0.583. The number of hydrogen-bond acceptors (Lipinski definition) is 4. The third kappa shape index (κ3) is 2.60. The highest BCUT2D eigenvalue weighted by molar-refractivity contribution is 6.15. The molecule has 2 amide bonds. The lowest BCUT2D eigenvalue weighted by atomic mass is 10.0. The van der Waals surface area contributed by atoms with E-state index in [0.29, 0.717) is 24.4 Å². The second kappa shape index (κ2) is 5.50. The van der Waals surface area contributed by atoms with E-state index in [1.807, 2.05) is 13.0 Å². The molecule has 0 fully saturated rings. The highest BCUT2D eigenvalue weighted by Crippen LogP contribution is 2.34. The number of amides is 2. The van der Waals surface area contributed by atoms with Gasteiger partial charge in [0.15, 0.2) is 0 Å². The molecular formula is C14H18N2O4. The Bertz CT molecular complexity index is 544. The average Bonchev–Trinajstić information content (AvgIpc) is 2.40. The molecule has 6 heteroatoms. The van der Waals surface area contributed by atoms with Crippen LogP contribution in [0, 0.1) is 6.92 Å². The summed E-state index contributed by atoms with van der Waals surface area (Å²) in [5, 5.41) is 14.0. The standard InChI is InChI=1S/C14H18N2O4/c1-9-4-5-11-10(8-9)16-13(19)14(2,20-11)12(18)15-6-3-7-17/h4-5,8,17H,3,6-7H2,1-2H3,(H,15,18)(H,16,19)/t14-/m0/s1. The zero-order valence-electron chi connectivity index (χ0n) is 11.5. The molecule has 1 heterocycles. The maximum absolute atomic E-state index is 12.1. The number of fused-ring (bicyclic) bond motifs is 1. The quantitative estimate of drug-likeness (QED) is 0.555. The largest absolute Gasteiger partial charge is 0.466 e. The van der Waals surface area contributed by atoms with Gasteiger partial charge in [-0.2, -0.15) is 0 Å². The summed E-state index contributed by atoms with van der Waals surface area (Å²) in [7, 11) is 0. The number of anilines is 1. The van der Waals surface area contributed by atoms with E-state index in [1.165, 1.54) is 6.92 Å². The van der Waals surface area contributed by atoms with Gasteiger partial charge < -0.3 is 20.5 Å². The lowest BCUT2D eigenvalue weighted by molar-refractivity contribution is -0.146. The van der Waals surface area contributed by atoms with Crippen molar-refractivity contribution in [3.05, 3.63) is 23.8 Å². The van der Waals surface area contributed by atoms with Crippen LogP contribution < -0.4 is 15.4 Å². The maximum atomic E-state index is 12.1. The van der Waals surface area contributed by atoms with Crippen molar-refractivity contribution in [1.82, 2.24) is 5.32 Å². The third-order valence-corrected chi connectivity index (χ3v) is 3.18. The van der Waals surface area contributed by atoms with Crippen LogP contribution in [0.25, 0.3) is 0 Å². The number of aliphatic hydroxyl groups excluding tert-OH is 1. The summed E-state index contributed by atoms with van der Waals surface area (Å²) < 4.78 is 5.59. The van der Waals surface area contributed by atoms with Gasteiger partial charge in [-0.15, -0.1) is 0 Å². The number of carbonyl (C=O) groups excluding carboxylic acids is 2. The van der Waals surface area contributed by atoms with Gasteiger partial charge in [0.25, 0.3) is 17.4 Å². The molecule has 1 aromatic rings. The number of aliphatic hydroxyl groups is 1. The van der Waals surface area contributed by atoms with E-state index < -0.39 is 17.4 Å². The number of hydrogen-bond donors (Lipinski definition) is 3. The molecule has 2 rings (SSSR count). The molecule has 1 atom stereocenters. The summed E-state index contributed by atoms with van der Waals surface area (Å²) in [6, 6.07) is 5.36. The molecule has 1 aliphatic heterocycles. The van der Waals surface area contributed by atoms with Crippen LogP contribution in [0.4, 0.5) is 5.69 Å². The lowest BCUT2D eigenvalue weighted by Crippen LogP contribution is -2.58. The highest BCUT2D eigenvalue weighted by Gasteiger charge is 2.47. The molecular weight excluding hydrogens is 260 g/mol. The molecule has 0 unspecified atom stereocenters. The zero-order chi connectivity index (χ0) is 14.8. The summed E-state index contributed by atoms with van der Waals surface area (Å²) in [6.45, 7) is 3.61. The predicted molar refractivity (Wildman–Crippen MR) is 73.6 cm³/mol. The van der Waals surface area contributed by atoms with Gasteiger partial charge in [0, 0.05) is 13.2 Å². The SMILES string of the molecule is Cc1ccc2c(c1)NC(=O)[C@](C)(C(=O)NCCCO)O2. The minimum Gasteiger partial charge on any atom is -0.466 e. The van der Waals surface area contributed by atoms with Crippen molar-refractivity contribution in [2.45, 2.75) is 25.9 Å². The molecule has 1 aliphatic rings. The molecule has 0 saturated carbocycles. The normalized spacial score (nSPS) is 20.6. The van der Waals surface area contributed by atoms with Crippen molar-refractivity contribution < 1.29 is 19.4 Å². The minimum absolute atomic E-state index is 0.0217. The van der Waals surface area contributed by atoms with Gasteiger partial charge in [0.05, 0.1) is 5.69 Å².